The first-order valence-electron chi connectivity index (χ1n) is 14.2. The van der Waals surface area contributed by atoms with Gasteiger partial charge in [-0.2, -0.15) is 0 Å². The number of fused-ring (bicyclic) bond motifs is 4. The molecule has 3 aromatic rings. The number of benzene rings is 3. The summed E-state index contributed by atoms with van der Waals surface area (Å²) >= 11 is 0. The molecule has 3 atom stereocenters. The largest absolute Gasteiger partial charge is 0.352 e. The summed E-state index contributed by atoms with van der Waals surface area (Å²) in [4.78, 5) is 26.8. The van der Waals surface area contributed by atoms with E-state index in [-0.39, 0.29) is 18.7 Å². The van der Waals surface area contributed by atoms with Gasteiger partial charge in [-0.05, 0) is 95.8 Å². The van der Waals surface area contributed by atoms with Crippen molar-refractivity contribution in [2.45, 2.75) is 64.8 Å². The summed E-state index contributed by atoms with van der Waals surface area (Å²) < 4.78 is 0. The summed E-state index contributed by atoms with van der Waals surface area (Å²) in [5, 5.41) is 3.15. The third-order valence-corrected chi connectivity index (χ3v) is 9.61. The van der Waals surface area contributed by atoms with Crippen molar-refractivity contribution in [1.29, 1.82) is 0 Å². The van der Waals surface area contributed by atoms with Crippen molar-refractivity contribution < 1.29 is 9.59 Å². The fraction of sp³-hybridized carbons (Fsp3) is 0.429. The molecule has 0 spiro atoms. The fourth-order valence-corrected chi connectivity index (χ4v) is 6.75. The van der Waals surface area contributed by atoms with Crippen LogP contribution in [0, 0.1) is 11.8 Å². The summed E-state index contributed by atoms with van der Waals surface area (Å²) in [6, 6.07) is 23.1. The molecule has 39 heavy (non-hydrogen) atoms. The molecular formula is C35H42N2O2. The van der Waals surface area contributed by atoms with Crippen LogP contribution in [0.15, 0.2) is 66.7 Å². The van der Waals surface area contributed by atoms with E-state index in [0.717, 1.165) is 41.7 Å². The Morgan fingerprint density at radius 3 is 2.38 bits per heavy atom. The molecule has 4 nitrogen and oxygen atoms in total. The first kappa shape index (κ1) is 27.3. The van der Waals surface area contributed by atoms with Gasteiger partial charge in [0.1, 0.15) is 6.29 Å². The van der Waals surface area contributed by atoms with E-state index in [4.69, 9.17) is 0 Å². The summed E-state index contributed by atoms with van der Waals surface area (Å²) in [7, 11) is 0. The van der Waals surface area contributed by atoms with Crippen LogP contribution in [0.1, 0.15) is 77.9 Å². The van der Waals surface area contributed by atoms with Crippen LogP contribution in [0.3, 0.4) is 0 Å². The highest BCUT2D eigenvalue weighted by Gasteiger charge is 2.49. The summed E-state index contributed by atoms with van der Waals surface area (Å²) in [6.45, 7) is 7.93. The normalized spacial score (nSPS) is 23.8. The number of carbonyl (C=O) groups is 2. The lowest BCUT2D eigenvalue weighted by Gasteiger charge is -2.55. The molecule has 3 unspecified atom stereocenters. The Bertz CT molecular complexity index is 1330. The molecule has 1 N–H and O–H groups in total. The van der Waals surface area contributed by atoms with Gasteiger partial charge in [-0.1, -0.05) is 75.9 Å². The van der Waals surface area contributed by atoms with Crippen LogP contribution in [0.2, 0.25) is 0 Å². The van der Waals surface area contributed by atoms with Crippen molar-refractivity contribution in [3.8, 4) is 11.1 Å². The highest BCUT2D eigenvalue weighted by Crippen LogP contribution is 2.49. The second-order valence-corrected chi connectivity index (χ2v) is 12.0. The van der Waals surface area contributed by atoms with E-state index >= 15 is 0 Å². The average Bonchev–Trinajstić information content (AvgIpc) is 3.77. The van der Waals surface area contributed by atoms with Crippen LogP contribution in [0.4, 0.5) is 0 Å². The average molecular weight is 523 g/mol. The second-order valence-electron chi connectivity index (χ2n) is 12.0. The number of likely N-dealkylation sites (tertiary alicyclic amines) is 1. The van der Waals surface area contributed by atoms with Gasteiger partial charge in [0, 0.05) is 30.3 Å². The van der Waals surface area contributed by atoms with Crippen molar-refractivity contribution in [2.75, 3.05) is 19.6 Å². The standard InChI is InChI=1S/C34H38N2O2.CH4/c1-23-32-20-29-13-14-30(19-31(29)34(23,2)16-18-36(32)21-25-3-4-25)33(38)35-17-15-24-5-9-27(10-6-24)28-11-7-26(22-37)8-12-28;/h5-14,19,22-23,25,32H,3-4,15-18,20-21H2,1-2H3,(H,35,38);1H4. The molecule has 1 heterocycles. The highest BCUT2D eigenvalue weighted by atomic mass is 16.1. The highest BCUT2D eigenvalue weighted by molar-refractivity contribution is 5.94. The van der Waals surface area contributed by atoms with Crippen molar-refractivity contribution in [1.82, 2.24) is 10.2 Å². The Hall–Kier alpha value is -3.24. The minimum absolute atomic E-state index is 0. The molecule has 0 aromatic heterocycles. The summed E-state index contributed by atoms with van der Waals surface area (Å²) in [5.74, 6) is 1.55. The Balaban J connectivity index is 0.00000308. The quantitative estimate of drug-likeness (QED) is 0.335. The molecule has 2 aliphatic carbocycles. The van der Waals surface area contributed by atoms with Crippen LogP contribution in [0.5, 0.6) is 0 Å². The predicted molar refractivity (Wildman–Crippen MR) is 159 cm³/mol. The lowest BCUT2D eigenvalue weighted by atomic mass is 9.59. The number of hydrogen-bond donors (Lipinski definition) is 1. The number of nitrogens with one attached hydrogen (secondary N) is 1. The number of amides is 1. The number of piperidine rings is 1. The molecule has 204 valence electrons. The van der Waals surface area contributed by atoms with Crippen molar-refractivity contribution in [2.24, 2.45) is 11.8 Å². The van der Waals surface area contributed by atoms with Gasteiger partial charge in [0.15, 0.2) is 0 Å². The van der Waals surface area contributed by atoms with E-state index < -0.39 is 0 Å². The van der Waals surface area contributed by atoms with Crippen LogP contribution in [-0.2, 0) is 18.3 Å². The van der Waals surface area contributed by atoms with Crippen LogP contribution >= 0.6 is 0 Å². The Morgan fingerprint density at radius 1 is 1.03 bits per heavy atom. The van der Waals surface area contributed by atoms with E-state index in [9.17, 15) is 9.59 Å². The lowest BCUT2D eigenvalue weighted by Crippen LogP contribution is -2.58. The van der Waals surface area contributed by atoms with E-state index in [1.165, 1.54) is 49.0 Å². The molecule has 2 bridgehead atoms. The molecule has 1 amide bonds. The zero-order chi connectivity index (χ0) is 26.3. The summed E-state index contributed by atoms with van der Waals surface area (Å²) in [5.41, 5.74) is 7.84. The van der Waals surface area contributed by atoms with E-state index in [0.29, 0.717) is 24.1 Å². The Kier molecular flexibility index (Phi) is 7.77. The molecule has 3 aromatic carbocycles. The second kappa shape index (κ2) is 11.1. The third kappa shape index (κ3) is 5.45. The first-order valence-corrected chi connectivity index (χ1v) is 14.2. The van der Waals surface area contributed by atoms with Gasteiger partial charge in [-0.15, -0.1) is 0 Å². The number of nitrogens with zero attached hydrogens (tertiary/aromatic N) is 1. The van der Waals surface area contributed by atoms with E-state index in [2.05, 4.69) is 60.5 Å². The fourth-order valence-electron chi connectivity index (χ4n) is 6.75. The molecular weight excluding hydrogens is 480 g/mol. The minimum Gasteiger partial charge on any atom is -0.352 e. The van der Waals surface area contributed by atoms with Gasteiger partial charge in [-0.25, -0.2) is 0 Å². The Morgan fingerprint density at radius 2 is 1.72 bits per heavy atom. The minimum atomic E-state index is 0. The van der Waals surface area contributed by atoms with Crippen LogP contribution in [-0.4, -0.2) is 42.8 Å². The third-order valence-electron chi connectivity index (χ3n) is 9.61. The smallest absolute Gasteiger partial charge is 0.251 e. The van der Waals surface area contributed by atoms with Gasteiger partial charge in [-0.3, -0.25) is 14.5 Å². The number of hydrogen-bond acceptors (Lipinski definition) is 3. The van der Waals surface area contributed by atoms with Crippen LogP contribution < -0.4 is 5.32 Å². The number of rotatable bonds is 8. The Labute approximate surface area is 233 Å². The molecule has 2 fully saturated rings. The summed E-state index contributed by atoms with van der Waals surface area (Å²) in [6.07, 6.45) is 6.75. The molecule has 3 aliphatic rings. The number of aldehydes is 1. The number of carbonyl (C=O) groups excluding carboxylic acids is 2. The molecule has 1 aliphatic heterocycles. The van der Waals surface area contributed by atoms with Gasteiger partial charge < -0.3 is 5.32 Å². The molecule has 0 radical (unpaired) electrons. The van der Waals surface area contributed by atoms with Crippen molar-refractivity contribution >= 4 is 12.2 Å². The SMILES string of the molecule is C.CC1C2Cc3ccc(C(=O)NCCc4ccc(-c5ccc(C=O)cc5)cc4)cc3C1(C)CCN2CC1CC1. The predicted octanol–water partition coefficient (Wildman–Crippen LogP) is 6.71. The van der Waals surface area contributed by atoms with Crippen molar-refractivity contribution in [3.63, 3.8) is 0 Å². The topological polar surface area (TPSA) is 49.4 Å². The van der Waals surface area contributed by atoms with E-state index in [1.54, 1.807) is 0 Å². The zero-order valence-electron chi connectivity index (χ0n) is 22.6. The molecule has 4 heteroatoms. The van der Waals surface area contributed by atoms with Gasteiger partial charge in [0.25, 0.3) is 5.91 Å². The maximum Gasteiger partial charge on any atom is 0.251 e. The van der Waals surface area contributed by atoms with Gasteiger partial charge >= 0.3 is 0 Å². The van der Waals surface area contributed by atoms with Gasteiger partial charge in [0.2, 0.25) is 0 Å². The maximum atomic E-state index is 13.1. The van der Waals surface area contributed by atoms with Crippen molar-refractivity contribution in [3.05, 3.63) is 94.5 Å². The molecule has 1 saturated heterocycles. The zero-order valence-corrected chi connectivity index (χ0v) is 22.6. The lowest BCUT2D eigenvalue weighted by molar-refractivity contribution is 0.0284. The first-order chi connectivity index (χ1) is 18.4. The van der Waals surface area contributed by atoms with Crippen LogP contribution in [0.25, 0.3) is 11.1 Å². The maximum absolute atomic E-state index is 13.1. The molecule has 6 rings (SSSR count). The molecule has 1 saturated carbocycles. The monoisotopic (exact) mass is 522 g/mol. The van der Waals surface area contributed by atoms with E-state index in [1.807, 2.05) is 30.3 Å². The van der Waals surface area contributed by atoms with Gasteiger partial charge in [0.05, 0.1) is 0 Å².